The van der Waals surface area contributed by atoms with E-state index in [-0.39, 0.29) is 49.3 Å². The van der Waals surface area contributed by atoms with Gasteiger partial charge in [-0.2, -0.15) is 0 Å². The van der Waals surface area contributed by atoms with Crippen molar-refractivity contribution in [1.29, 1.82) is 0 Å². The smallest absolute Gasteiger partial charge is 0.429 e. The first-order valence-electron chi connectivity index (χ1n) is 15.7. The van der Waals surface area contributed by atoms with Gasteiger partial charge in [-0.1, -0.05) is 67.6 Å². The fourth-order valence-electron chi connectivity index (χ4n) is 5.57. The average Bonchev–Trinajstić information content (AvgIpc) is 3.62. The third-order valence-electron chi connectivity index (χ3n) is 7.84. The summed E-state index contributed by atoms with van der Waals surface area (Å²) in [6.45, 7) is 6.53. The second kappa shape index (κ2) is 14.1. The number of esters is 2. The molecule has 250 valence electrons. The molecule has 2 atom stereocenters. The van der Waals surface area contributed by atoms with E-state index in [1.54, 1.807) is 64.1 Å². The number of carbonyl (C=O) groups excluding carboxylic acids is 6. The Morgan fingerprint density at radius 2 is 1.40 bits per heavy atom. The van der Waals surface area contributed by atoms with Crippen LogP contribution in [0.3, 0.4) is 0 Å². The predicted octanol–water partition coefficient (Wildman–Crippen LogP) is 4.91. The number of hydrogen-bond donors (Lipinski definition) is 0. The average molecular weight is 656 g/mol. The first-order chi connectivity index (χ1) is 22.9. The first-order valence-corrected chi connectivity index (χ1v) is 15.7. The van der Waals surface area contributed by atoms with E-state index in [9.17, 15) is 28.8 Å². The van der Waals surface area contributed by atoms with Crippen molar-refractivity contribution in [3.05, 3.63) is 107 Å². The van der Waals surface area contributed by atoms with E-state index in [1.165, 1.54) is 18.2 Å². The number of rotatable bonds is 9. The monoisotopic (exact) mass is 655 g/mol. The molecule has 3 aromatic rings. The lowest BCUT2D eigenvalue weighted by Crippen LogP contribution is -2.58. The van der Waals surface area contributed by atoms with Crippen LogP contribution < -0.4 is 0 Å². The number of hydrogen-bond acceptors (Lipinski definition) is 9. The molecule has 0 aliphatic carbocycles. The minimum absolute atomic E-state index is 0.00935. The van der Waals surface area contributed by atoms with Gasteiger partial charge in [0.1, 0.15) is 24.9 Å². The SMILES string of the molecule is CCC(C(=O)N1C(C(=O)OC(C)(C)C)CCN1C(=O)OCc1ccccc1)N1C(=O)c2ccc(C(=O)OCc3ccccc3)cc2C1=O. The fourth-order valence-corrected chi connectivity index (χ4v) is 5.57. The van der Waals surface area contributed by atoms with Gasteiger partial charge < -0.3 is 14.2 Å². The molecule has 0 aromatic heterocycles. The van der Waals surface area contributed by atoms with Gasteiger partial charge in [0.25, 0.3) is 17.7 Å². The van der Waals surface area contributed by atoms with Gasteiger partial charge in [0.05, 0.1) is 16.7 Å². The summed E-state index contributed by atoms with van der Waals surface area (Å²) in [6, 6.07) is 19.4. The van der Waals surface area contributed by atoms with E-state index in [0.29, 0.717) is 5.56 Å². The molecule has 2 aliphatic heterocycles. The maximum Gasteiger partial charge on any atom is 0.429 e. The lowest BCUT2D eigenvalue weighted by Gasteiger charge is -2.35. The van der Waals surface area contributed by atoms with Gasteiger partial charge in [0, 0.05) is 13.0 Å². The van der Waals surface area contributed by atoms with Crippen LogP contribution in [0.1, 0.15) is 82.7 Å². The van der Waals surface area contributed by atoms with Gasteiger partial charge in [0.2, 0.25) is 0 Å². The summed E-state index contributed by atoms with van der Waals surface area (Å²) in [5.41, 5.74) is 0.606. The predicted molar refractivity (Wildman–Crippen MR) is 171 cm³/mol. The van der Waals surface area contributed by atoms with Crippen molar-refractivity contribution in [2.45, 2.75) is 71.4 Å². The summed E-state index contributed by atoms with van der Waals surface area (Å²) in [7, 11) is 0. The van der Waals surface area contributed by atoms with Crippen molar-refractivity contribution >= 4 is 35.8 Å². The van der Waals surface area contributed by atoms with Crippen LogP contribution in [-0.4, -0.2) is 74.9 Å². The van der Waals surface area contributed by atoms with Gasteiger partial charge in [-0.3, -0.25) is 19.3 Å². The lowest BCUT2D eigenvalue weighted by atomic mass is 10.1. The minimum Gasteiger partial charge on any atom is -0.458 e. The quantitative estimate of drug-likeness (QED) is 0.179. The van der Waals surface area contributed by atoms with E-state index < -0.39 is 53.4 Å². The molecule has 12 nitrogen and oxygen atoms in total. The number of fused-ring (bicyclic) bond motifs is 1. The Kier molecular flexibility index (Phi) is 9.92. The number of nitrogens with zero attached hydrogens (tertiary/aromatic N) is 3. The molecule has 1 saturated heterocycles. The van der Waals surface area contributed by atoms with E-state index in [2.05, 4.69) is 0 Å². The second-order valence-corrected chi connectivity index (χ2v) is 12.4. The van der Waals surface area contributed by atoms with Crippen LogP contribution in [0.5, 0.6) is 0 Å². The molecule has 0 N–H and O–H groups in total. The fraction of sp³-hybridized carbons (Fsp3) is 0.333. The second-order valence-electron chi connectivity index (χ2n) is 12.4. The Morgan fingerprint density at radius 3 is 1.98 bits per heavy atom. The van der Waals surface area contributed by atoms with E-state index in [4.69, 9.17) is 14.2 Å². The standard InChI is InChI=1S/C36H37N3O9/c1-5-28(38-30(40)26-17-16-25(20-27(26)31(38)41)33(43)46-21-23-12-8-6-9-13-23)32(42)39-29(34(44)48-36(2,3)4)18-19-37(39)35(45)47-22-24-14-10-7-11-15-24/h6-17,20,28-29H,5,18-19,21-22H2,1-4H3. The topological polar surface area (TPSA) is 140 Å². The molecule has 2 aliphatic rings. The Labute approximate surface area is 278 Å². The number of amides is 4. The van der Waals surface area contributed by atoms with E-state index >= 15 is 0 Å². The van der Waals surface area contributed by atoms with Crippen molar-refractivity contribution in [2.75, 3.05) is 6.54 Å². The van der Waals surface area contributed by atoms with Crippen LogP contribution in [0.2, 0.25) is 0 Å². The molecule has 2 heterocycles. The van der Waals surface area contributed by atoms with Crippen molar-refractivity contribution in [1.82, 2.24) is 14.9 Å². The van der Waals surface area contributed by atoms with Gasteiger partial charge in [-0.05, 0) is 56.5 Å². The first kappa shape index (κ1) is 33.8. The van der Waals surface area contributed by atoms with Crippen molar-refractivity contribution in [3.8, 4) is 0 Å². The molecule has 0 spiro atoms. The molecule has 3 aromatic carbocycles. The minimum atomic E-state index is -1.39. The lowest BCUT2D eigenvalue weighted by molar-refractivity contribution is -0.171. The number of imide groups is 1. The molecule has 0 saturated carbocycles. The van der Waals surface area contributed by atoms with Crippen LogP contribution >= 0.6 is 0 Å². The van der Waals surface area contributed by atoms with Crippen molar-refractivity contribution in [2.24, 2.45) is 0 Å². The summed E-state index contributed by atoms with van der Waals surface area (Å²) in [5, 5.41) is 1.97. The van der Waals surface area contributed by atoms with Crippen LogP contribution in [0.4, 0.5) is 4.79 Å². The molecule has 12 heteroatoms. The van der Waals surface area contributed by atoms with Crippen LogP contribution in [0.15, 0.2) is 78.9 Å². The Bertz CT molecular complexity index is 1720. The summed E-state index contributed by atoms with van der Waals surface area (Å²) in [6.07, 6.45) is -0.858. The molecule has 0 radical (unpaired) electrons. The Hall–Kier alpha value is -5.52. The maximum absolute atomic E-state index is 14.3. The van der Waals surface area contributed by atoms with E-state index in [0.717, 1.165) is 20.5 Å². The van der Waals surface area contributed by atoms with Crippen molar-refractivity contribution in [3.63, 3.8) is 0 Å². The third kappa shape index (κ3) is 7.22. The van der Waals surface area contributed by atoms with E-state index in [1.807, 2.05) is 24.3 Å². The van der Waals surface area contributed by atoms with Crippen LogP contribution in [-0.2, 0) is 37.0 Å². The van der Waals surface area contributed by atoms with Crippen LogP contribution in [0.25, 0.3) is 0 Å². The summed E-state index contributed by atoms with van der Waals surface area (Å²) < 4.78 is 16.4. The number of hydrazine groups is 1. The Balaban J connectivity index is 1.38. The molecule has 48 heavy (non-hydrogen) atoms. The zero-order valence-corrected chi connectivity index (χ0v) is 27.2. The molecule has 5 rings (SSSR count). The molecule has 1 fully saturated rings. The largest absolute Gasteiger partial charge is 0.458 e. The highest BCUT2D eigenvalue weighted by Gasteiger charge is 2.50. The maximum atomic E-state index is 14.3. The molecule has 2 unspecified atom stereocenters. The van der Waals surface area contributed by atoms with Crippen molar-refractivity contribution < 1.29 is 43.0 Å². The molecular weight excluding hydrogens is 618 g/mol. The normalized spacial score (nSPS) is 16.4. The summed E-state index contributed by atoms with van der Waals surface area (Å²) in [4.78, 5) is 82.0. The zero-order valence-electron chi connectivity index (χ0n) is 27.2. The highest BCUT2D eigenvalue weighted by molar-refractivity contribution is 6.23. The number of benzene rings is 3. The molecular formula is C36H37N3O9. The summed E-state index contributed by atoms with van der Waals surface area (Å²) in [5.74, 6) is -3.81. The highest BCUT2D eigenvalue weighted by atomic mass is 16.6. The zero-order chi connectivity index (χ0) is 34.6. The molecule has 0 bridgehead atoms. The third-order valence-corrected chi connectivity index (χ3v) is 7.84. The van der Waals surface area contributed by atoms with Gasteiger partial charge in [-0.15, -0.1) is 0 Å². The van der Waals surface area contributed by atoms with Gasteiger partial charge in [-0.25, -0.2) is 24.4 Å². The van der Waals surface area contributed by atoms with Crippen LogP contribution in [0, 0.1) is 0 Å². The molecule has 4 amide bonds. The number of ether oxygens (including phenoxy) is 3. The Morgan fingerprint density at radius 1 is 0.812 bits per heavy atom. The highest BCUT2D eigenvalue weighted by Crippen LogP contribution is 2.31. The van der Waals surface area contributed by atoms with Gasteiger partial charge >= 0.3 is 18.0 Å². The number of carbonyl (C=O) groups is 6. The van der Waals surface area contributed by atoms with Gasteiger partial charge in [0.15, 0.2) is 6.04 Å². The summed E-state index contributed by atoms with van der Waals surface area (Å²) >= 11 is 0.